The molecular weight excluding hydrogens is 327 g/mol. The van der Waals surface area contributed by atoms with E-state index in [4.69, 9.17) is 18.0 Å². The van der Waals surface area contributed by atoms with Crippen LogP contribution in [-0.4, -0.2) is 4.99 Å². The van der Waals surface area contributed by atoms with Crippen molar-refractivity contribution < 1.29 is 4.39 Å². The summed E-state index contributed by atoms with van der Waals surface area (Å²) in [6, 6.07) is 10.3. The summed E-state index contributed by atoms with van der Waals surface area (Å²) in [6.45, 7) is 1.84. The van der Waals surface area contributed by atoms with Crippen molar-refractivity contribution in [2.75, 3.05) is 5.32 Å². The summed E-state index contributed by atoms with van der Waals surface area (Å²) < 4.78 is 14.2. The Hall–Kier alpha value is -1.46. The molecule has 0 atom stereocenters. The highest BCUT2D eigenvalue weighted by atomic mass is 79.9. The van der Waals surface area contributed by atoms with E-state index in [1.165, 1.54) is 12.1 Å². The third-order valence-electron chi connectivity index (χ3n) is 2.57. The van der Waals surface area contributed by atoms with Crippen LogP contribution in [0.1, 0.15) is 11.1 Å². The van der Waals surface area contributed by atoms with Gasteiger partial charge in [0, 0.05) is 21.4 Å². The second-order valence-corrected chi connectivity index (χ2v) is 5.55. The van der Waals surface area contributed by atoms with Crippen LogP contribution >= 0.6 is 28.1 Å². The van der Waals surface area contributed by atoms with Crippen LogP contribution in [0, 0.1) is 12.7 Å². The number of anilines is 2. The highest BCUT2D eigenvalue weighted by molar-refractivity contribution is 9.10. The SMILES string of the molecule is Cc1cc(F)cc(Nc2ccc(Br)cc2C(N)=S)c1. The molecule has 3 N–H and O–H groups in total. The highest BCUT2D eigenvalue weighted by Crippen LogP contribution is 2.25. The summed E-state index contributed by atoms with van der Waals surface area (Å²) in [7, 11) is 0. The maximum atomic E-state index is 13.4. The summed E-state index contributed by atoms with van der Waals surface area (Å²) in [5, 5.41) is 3.13. The van der Waals surface area contributed by atoms with Crippen LogP contribution in [0.25, 0.3) is 0 Å². The quantitative estimate of drug-likeness (QED) is 0.820. The zero-order valence-electron chi connectivity index (χ0n) is 10.2. The standard InChI is InChI=1S/C14H12BrFN2S/c1-8-4-10(16)7-11(5-8)18-13-3-2-9(15)6-12(13)14(17)19/h2-7,18H,1H3,(H2,17,19). The molecule has 0 spiro atoms. The average molecular weight is 339 g/mol. The number of hydrogen-bond donors (Lipinski definition) is 2. The smallest absolute Gasteiger partial charge is 0.125 e. The normalized spacial score (nSPS) is 10.3. The van der Waals surface area contributed by atoms with E-state index in [0.29, 0.717) is 11.3 Å². The zero-order valence-corrected chi connectivity index (χ0v) is 12.6. The predicted octanol–water partition coefficient (Wildman–Crippen LogP) is 4.27. The fourth-order valence-corrected chi connectivity index (χ4v) is 2.32. The Labute approximate surface area is 124 Å². The van der Waals surface area contributed by atoms with Crippen molar-refractivity contribution in [1.29, 1.82) is 0 Å². The van der Waals surface area contributed by atoms with Crippen LogP contribution in [0.5, 0.6) is 0 Å². The molecule has 0 fully saturated rings. The van der Waals surface area contributed by atoms with Gasteiger partial charge in [0.15, 0.2) is 0 Å². The van der Waals surface area contributed by atoms with Gasteiger partial charge < -0.3 is 11.1 Å². The minimum atomic E-state index is -0.281. The second-order valence-electron chi connectivity index (χ2n) is 4.20. The Morgan fingerprint density at radius 3 is 2.63 bits per heavy atom. The van der Waals surface area contributed by atoms with Gasteiger partial charge in [0.25, 0.3) is 0 Å². The van der Waals surface area contributed by atoms with Gasteiger partial charge in [0.05, 0.1) is 0 Å². The summed E-state index contributed by atoms with van der Waals surface area (Å²) in [4.78, 5) is 0.289. The Morgan fingerprint density at radius 2 is 2.00 bits per heavy atom. The molecule has 0 unspecified atom stereocenters. The number of nitrogens with one attached hydrogen (secondary N) is 1. The van der Waals surface area contributed by atoms with Crippen LogP contribution < -0.4 is 11.1 Å². The Balaban J connectivity index is 2.40. The lowest BCUT2D eigenvalue weighted by Gasteiger charge is -2.12. The molecule has 0 saturated heterocycles. The van der Waals surface area contributed by atoms with E-state index >= 15 is 0 Å². The zero-order chi connectivity index (χ0) is 14.0. The Kier molecular flexibility index (Phi) is 4.17. The van der Waals surface area contributed by atoms with Crippen LogP contribution in [0.2, 0.25) is 0 Å². The fourth-order valence-electron chi connectivity index (χ4n) is 1.79. The molecule has 0 radical (unpaired) electrons. The third kappa shape index (κ3) is 3.52. The van der Waals surface area contributed by atoms with Crippen LogP contribution in [0.15, 0.2) is 40.9 Å². The molecule has 5 heteroatoms. The van der Waals surface area contributed by atoms with Gasteiger partial charge in [-0.3, -0.25) is 0 Å². The number of benzene rings is 2. The Bertz CT molecular complexity index is 623. The van der Waals surface area contributed by atoms with E-state index in [-0.39, 0.29) is 10.8 Å². The molecule has 0 aliphatic rings. The minimum Gasteiger partial charge on any atom is -0.389 e. The van der Waals surface area contributed by atoms with Gasteiger partial charge >= 0.3 is 0 Å². The van der Waals surface area contributed by atoms with Crippen molar-refractivity contribution in [2.45, 2.75) is 6.92 Å². The van der Waals surface area contributed by atoms with Gasteiger partial charge in [-0.05, 0) is 48.9 Å². The molecule has 0 amide bonds. The predicted molar refractivity (Wildman–Crippen MR) is 84.4 cm³/mol. The maximum Gasteiger partial charge on any atom is 0.125 e. The number of thiocarbonyl (C=S) groups is 1. The topological polar surface area (TPSA) is 38.0 Å². The molecule has 0 aromatic heterocycles. The molecular formula is C14H12BrFN2S. The van der Waals surface area contributed by atoms with E-state index < -0.39 is 0 Å². The lowest BCUT2D eigenvalue weighted by Crippen LogP contribution is -2.12. The molecule has 0 aliphatic carbocycles. The number of halogens is 2. The van der Waals surface area contributed by atoms with Gasteiger partial charge in [-0.15, -0.1) is 0 Å². The largest absolute Gasteiger partial charge is 0.389 e. The van der Waals surface area contributed by atoms with E-state index in [9.17, 15) is 4.39 Å². The summed E-state index contributed by atoms with van der Waals surface area (Å²) in [5.74, 6) is -0.281. The molecule has 98 valence electrons. The first-order valence-corrected chi connectivity index (χ1v) is 6.79. The lowest BCUT2D eigenvalue weighted by molar-refractivity contribution is 0.627. The molecule has 2 nitrogen and oxygen atoms in total. The molecule has 0 aliphatic heterocycles. The second kappa shape index (κ2) is 5.67. The molecule has 0 saturated carbocycles. The van der Waals surface area contributed by atoms with Crippen molar-refractivity contribution in [2.24, 2.45) is 5.73 Å². The summed E-state index contributed by atoms with van der Waals surface area (Å²) in [5.41, 5.74) is 8.67. The number of nitrogens with two attached hydrogens (primary N) is 1. The molecule has 2 rings (SSSR count). The van der Waals surface area contributed by atoms with Gasteiger partial charge in [-0.25, -0.2) is 4.39 Å². The van der Waals surface area contributed by atoms with Crippen LogP contribution in [-0.2, 0) is 0 Å². The van der Waals surface area contributed by atoms with Crippen LogP contribution in [0.4, 0.5) is 15.8 Å². The van der Waals surface area contributed by atoms with E-state index in [1.54, 1.807) is 0 Å². The summed E-state index contributed by atoms with van der Waals surface area (Å²) >= 11 is 8.39. The van der Waals surface area contributed by atoms with Gasteiger partial charge in [-0.1, -0.05) is 28.1 Å². The number of hydrogen-bond acceptors (Lipinski definition) is 2. The fraction of sp³-hybridized carbons (Fsp3) is 0.0714. The molecule has 0 heterocycles. The maximum absolute atomic E-state index is 13.4. The van der Waals surface area contributed by atoms with Crippen molar-refractivity contribution in [3.63, 3.8) is 0 Å². The molecule has 2 aromatic carbocycles. The van der Waals surface area contributed by atoms with Crippen LogP contribution in [0.3, 0.4) is 0 Å². The van der Waals surface area contributed by atoms with Crippen molar-refractivity contribution >= 4 is 44.5 Å². The van der Waals surface area contributed by atoms with Gasteiger partial charge in [-0.2, -0.15) is 0 Å². The minimum absolute atomic E-state index is 0.281. The molecule has 19 heavy (non-hydrogen) atoms. The first-order valence-electron chi connectivity index (χ1n) is 5.59. The van der Waals surface area contributed by atoms with Gasteiger partial charge in [0.1, 0.15) is 10.8 Å². The number of rotatable bonds is 3. The first kappa shape index (κ1) is 14.0. The lowest BCUT2D eigenvalue weighted by atomic mass is 10.1. The van der Waals surface area contributed by atoms with Gasteiger partial charge in [0.2, 0.25) is 0 Å². The monoisotopic (exact) mass is 338 g/mol. The highest BCUT2D eigenvalue weighted by Gasteiger charge is 2.07. The third-order valence-corrected chi connectivity index (χ3v) is 3.28. The van der Waals surface area contributed by atoms with E-state index in [0.717, 1.165) is 15.7 Å². The van der Waals surface area contributed by atoms with E-state index in [2.05, 4.69) is 21.2 Å². The Morgan fingerprint density at radius 1 is 1.26 bits per heavy atom. The van der Waals surface area contributed by atoms with Crippen molar-refractivity contribution in [1.82, 2.24) is 0 Å². The first-order chi connectivity index (χ1) is 8.95. The van der Waals surface area contributed by atoms with E-state index in [1.807, 2.05) is 31.2 Å². The molecule has 2 aromatic rings. The summed E-state index contributed by atoms with van der Waals surface area (Å²) in [6.07, 6.45) is 0. The molecule has 0 bridgehead atoms. The average Bonchev–Trinajstić information content (AvgIpc) is 2.30. The van der Waals surface area contributed by atoms with Crippen molar-refractivity contribution in [3.8, 4) is 0 Å². The number of aryl methyl sites for hydroxylation is 1. The van der Waals surface area contributed by atoms with Crippen molar-refractivity contribution in [3.05, 3.63) is 57.8 Å².